The van der Waals surface area contributed by atoms with Gasteiger partial charge in [0.15, 0.2) is 0 Å². The first kappa shape index (κ1) is 14.8. The van der Waals surface area contributed by atoms with E-state index in [-0.39, 0.29) is 11.5 Å². The first-order valence-corrected chi connectivity index (χ1v) is 8.57. The van der Waals surface area contributed by atoms with Gasteiger partial charge < -0.3 is 9.47 Å². The fraction of sp³-hybridized carbons (Fsp3) is 0.429. The smallest absolute Gasteiger partial charge is 0.122 e. The second-order valence-electron chi connectivity index (χ2n) is 7.00. The van der Waals surface area contributed by atoms with Crippen molar-refractivity contribution in [2.75, 3.05) is 13.7 Å². The third-order valence-corrected chi connectivity index (χ3v) is 5.90. The Hall–Kier alpha value is -1.80. The van der Waals surface area contributed by atoms with E-state index in [9.17, 15) is 0 Å². The Bertz CT molecular complexity index is 694. The summed E-state index contributed by atoms with van der Waals surface area (Å²) in [5.41, 5.74) is 4.36. The molecule has 0 saturated carbocycles. The summed E-state index contributed by atoms with van der Waals surface area (Å²) < 4.78 is 11.9. The van der Waals surface area contributed by atoms with Crippen LogP contribution in [-0.2, 0) is 16.6 Å². The van der Waals surface area contributed by atoms with Gasteiger partial charge in [-0.1, -0.05) is 49.4 Å². The van der Waals surface area contributed by atoms with E-state index in [4.69, 9.17) is 9.47 Å². The average molecular weight is 308 g/mol. The lowest BCUT2D eigenvalue weighted by Gasteiger charge is -2.50. The van der Waals surface area contributed by atoms with E-state index >= 15 is 0 Å². The van der Waals surface area contributed by atoms with Crippen molar-refractivity contribution in [2.45, 2.75) is 37.7 Å². The molecular formula is C21H24O2. The Kier molecular flexibility index (Phi) is 3.65. The molecule has 0 unspecified atom stereocenters. The third kappa shape index (κ3) is 2.28. The lowest BCUT2D eigenvalue weighted by atomic mass is 9.59. The molecule has 0 spiro atoms. The number of benzene rings is 2. The van der Waals surface area contributed by atoms with Crippen LogP contribution >= 0.6 is 0 Å². The summed E-state index contributed by atoms with van der Waals surface area (Å²) in [7, 11) is 1.78. The van der Waals surface area contributed by atoms with Crippen LogP contribution in [0.2, 0.25) is 0 Å². The molecule has 0 amide bonds. The Morgan fingerprint density at radius 3 is 2.70 bits per heavy atom. The first-order valence-electron chi connectivity index (χ1n) is 8.57. The van der Waals surface area contributed by atoms with Crippen LogP contribution < -0.4 is 4.74 Å². The molecule has 23 heavy (non-hydrogen) atoms. The lowest BCUT2D eigenvalue weighted by Crippen LogP contribution is -2.45. The van der Waals surface area contributed by atoms with Gasteiger partial charge in [0.25, 0.3) is 0 Å². The highest BCUT2D eigenvalue weighted by molar-refractivity contribution is 5.47. The predicted molar refractivity (Wildman–Crippen MR) is 91.9 cm³/mol. The molecule has 0 bridgehead atoms. The van der Waals surface area contributed by atoms with Gasteiger partial charge in [-0.15, -0.1) is 0 Å². The van der Waals surface area contributed by atoms with Gasteiger partial charge in [-0.05, 0) is 47.9 Å². The van der Waals surface area contributed by atoms with Crippen molar-refractivity contribution in [1.29, 1.82) is 0 Å². The Labute approximate surface area is 138 Å². The molecule has 0 radical (unpaired) electrons. The molecule has 1 saturated heterocycles. The molecule has 0 aromatic heterocycles. The van der Waals surface area contributed by atoms with E-state index in [1.807, 2.05) is 0 Å². The van der Waals surface area contributed by atoms with Crippen molar-refractivity contribution < 1.29 is 9.47 Å². The van der Waals surface area contributed by atoms with Gasteiger partial charge in [-0.2, -0.15) is 0 Å². The highest BCUT2D eigenvalue weighted by Gasteiger charge is 2.48. The average Bonchev–Trinajstić information content (AvgIpc) is 2.61. The maximum atomic E-state index is 6.24. The molecule has 1 aliphatic carbocycles. The molecule has 1 aliphatic heterocycles. The topological polar surface area (TPSA) is 18.5 Å². The zero-order chi connectivity index (χ0) is 15.9. The number of rotatable bonds is 2. The van der Waals surface area contributed by atoms with Gasteiger partial charge in [-0.3, -0.25) is 0 Å². The zero-order valence-electron chi connectivity index (χ0n) is 13.9. The van der Waals surface area contributed by atoms with Gasteiger partial charge in [0.05, 0.1) is 13.2 Å². The van der Waals surface area contributed by atoms with Gasteiger partial charge in [-0.25, -0.2) is 0 Å². The monoisotopic (exact) mass is 308 g/mol. The van der Waals surface area contributed by atoms with Crippen molar-refractivity contribution in [3.05, 3.63) is 65.2 Å². The minimum atomic E-state index is 0.168. The summed E-state index contributed by atoms with van der Waals surface area (Å²) in [4.78, 5) is 0. The van der Waals surface area contributed by atoms with E-state index in [0.717, 1.165) is 31.6 Å². The summed E-state index contributed by atoms with van der Waals surface area (Å²) in [5, 5.41) is 0. The summed E-state index contributed by atoms with van der Waals surface area (Å²) in [6.07, 6.45) is 3.52. The number of ether oxygens (including phenoxy) is 2. The fourth-order valence-electron chi connectivity index (χ4n) is 4.66. The molecule has 1 heterocycles. The molecule has 1 fully saturated rings. The summed E-state index contributed by atoms with van der Waals surface area (Å²) >= 11 is 0. The van der Waals surface area contributed by atoms with Gasteiger partial charge in [0, 0.05) is 12.0 Å². The third-order valence-electron chi connectivity index (χ3n) is 5.90. The van der Waals surface area contributed by atoms with Crippen molar-refractivity contribution in [1.82, 2.24) is 0 Å². The summed E-state index contributed by atoms with van der Waals surface area (Å²) in [6, 6.07) is 17.3. The minimum absolute atomic E-state index is 0.168. The van der Waals surface area contributed by atoms with Crippen molar-refractivity contribution in [3.63, 3.8) is 0 Å². The van der Waals surface area contributed by atoms with E-state index in [1.54, 1.807) is 7.11 Å². The number of hydrogen-bond acceptors (Lipinski definition) is 2. The maximum Gasteiger partial charge on any atom is 0.122 e. The first-order chi connectivity index (χ1) is 11.2. The Morgan fingerprint density at radius 1 is 1.09 bits per heavy atom. The standard InChI is InChI=1S/C21H24O2/c1-21-13-14-23-20(15-7-4-3-5-8-15)18(21)12-11-16-17(21)9-6-10-19(16)22-2/h3-10,18,20H,11-14H2,1-2H3/t18-,20-,21+/m0/s1. The lowest BCUT2D eigenvalue weighted by molar-refractivity contribution is -0.0755. The van der Waals surface area contributed by atoms with Crippen molar-refractivity contribution in [3.8, 4) is 5.75 Å². The molecule has 0 N–H and O–H groups in total. The summed E-state index contributed by atoms with van der Waals surface area (Å²) in [5.74, 6) is 1.57. The highest BCUT2D eigenvalue weighted by atomic mass is 16.5. The van der Waals surface area contributed by atoms with Crippen LogP contribution in [0.15, 0.2) is 48.5 Å². The molecule has 4 rings (SSSR count). The van der Waals surface area contributed by atoms with Gasteiger partial charge in [0.1, 0.15) is 5.75 Å². The van der Waals surface area contributed by atoms with Crippen molar-refractivity contribution >= 4 is 0 Å². The van der Waals surface area contributed by atoms with E-state index in [1.165, 1.54) is 16.7 Å². The second-order valence-corrected chi connectivity index (χ2v) is 7.00. The molecule has 2 heteroatoms. The number of fused-ring (bicyclic) bond motifs is 3. The maximum absolute atomic E-state index is 6.24. The second kappa shape index (κ2) is 5.68. The molecule has 2 nitrogen and oxygen atoms in total. The molecular weight excluding hydrogens is 284 g/mol. The van der Waals surface area contributed by atoms with Crippen LogP contribution in [0.5, 0.6) is 5.75 Å². The SMILES string of the molecule is COc1cccc2c1CC[C@H]1[C@H](c3ccccc3)OCC[C@]21C. The largest absolute Gasteiger partial charge is 0.496 e. The quantitative estimate of drug-likeness (QED) is 0.802. The van der Waals surface area contributed by atoms with Crippen LogP contribution in [0.4, 0.5) is 0 Å². The fourth-order valence-corrected chi connectivity index (χ4v) is 4.66. The van der Waals surface area contributed by atoms with Gasteiger partial charge in [0.2, 0.25) is 0 Å². The van der Waals surface area contributed by atoms with Crippen LogP contribution in [0.3, 0.4) is 0 Å². The Morgan fingerprint density at radius 2 is 1.91 bits per heavy atom. The van der Waals surface area contributed by atoms with E-state index in [0.29, 0.717) is 5.92 Å². The molecule has 120 valence electrons. The Balaban J connectivity index is 1.78. The zero-order valence-corrected chi connectivity index (χ0v) is 13.9. The van der Waals surface area contributed by atoms with Crippen LogP contribution in [0.1, 0.15) is 42.6 Å². The van der Waals surface area contributed by atoms with Crippen molar-refractivity contribution in [2.24, 2.45) is 5.92 Å². The normalized spacial score (nSPS) is 29.5. The van der Waals surface area contributed by atoms with Crippen LogP contribution in [-0.4, -0.2) is 13.7 Å². The minimum Gasteiger partial charge on any atom is -0.496 e. The van der Waals surface area contributed by atoms with Gasteiger partial charge >= 0.3 is 0 Å². The predicted octanol–water partition coefficient (Wildman–Crippen LogP) is 4.68. The van der Waals surface area contributed by atoms with E-state index in [2.05, 4.69) is 55.5 Å². The molecule has 3 atom stereocenters. The van der Waals surface area contributed by atoms with E-state index < -0.39 is 0 Å². The highest BCUT2D eigenvalue weighted by Crippen LogP contribution is 2.54. The summed E-state index contributed by atoms with van der Waals surface area (Å²) in [6.45, 7) is 3.25. The molecule has 2 aromatic rings. The molecule has 2 aromatic carbocycles. The number of hydrogen-bond donors (Lipinski definition) is 0. The number of methoxy groups -OCH3 is 1. The van der Waals surface area contributed by atoms with Crippen LogP contribution in [0, 0.1) is 5.92 Å². The molecule has 2 aliphatic rings. The van der Waals surface area contributed by atoms with Crippen LogP contribution in [0.25, 0.3) is 0 Å².